The minimum Gasteiger partial charge on any atom is -0.352 e. The molecule has 0 aliphatic rings. The van der Waals surface area contributed by atoms with Crippen molar-refractivity contribution < 1.29 is 9.18 Å². The van der Waals surface area contributed by atoms with Gasteiger partial charge in [0.15, 0.2) is 0 Å². The predicted molar refractivity (Wildman–Crippen MR) is 81.9 cm³/mol. The van der Waals surface area contributed by atoms with Crippen molar-refractivity contribution in [3.8, 4) is 11.4 Å². The highest BCUT2D eigenvalue weighted by molar-refractivity contribution is 5.76. The lowest BCUT2D eigenvalue weighted by molar-refractivity contribution is -0.122. The van der Waals surface area contributed by atoms with E-state index in [2.05, 4.69) is 10.3 Å². The lowest BCUT2D eigenvalue weighted by Gasteiger charge is -2.14. The molecule has 2 rings (SSSR count). The predicted octanol–water partition coefficient (Wildman–Crippen LogP) is 1.88. The normalized spacial score (nSPS) is 10.8. The molecule has 22 heavy (non-hydrogen) atoms. The Kier molecular flexibility index (Phi) is 4.70. The molecule has 0 radical (unpaired) electrons. The van der Waals surface area contributed by atoms with Gasteiger partial charge in [-0.15, -0.1) is 0 Å². The average molecular weight is 303 g/mol. The average Bonchev–Trinajstić information content (AvgIpc) is 2.41. The molecule has 0 aliphatic carbocycles. The van der Waals surface area contributed by atoms with E-state index in [0.29, 0.717) is 17.1 Å². The maximum atomic E-state index is 13.1. The third-order valence-corrected chi connectivity index (χ3v) is 2.99. The molecule has 0 spiro atoms. The number of halogens is 1. The van der Waals surface area contributed by atoms with Crippen LogP contribution in [0.3, 0.4) is 0 Å². The first kappa shape index (κ1) is 15.9. The third-order valence-electron chi connectivity index (χ3n) is 2.99. The van der Waals surface area contributed by atoms with Gasteiger partial charge in [-0.2, -0.15) is 0 Å². The van der Waals surface area contributed by atoms with Crippen LogP contribution in [0.1, 0.15) is 19.5 Å². The molecule has 1 aromatic carbocycles. The highest BCUT2D eigenvalue weighted by Gasteiger charge is 2.13. The molecule has 6 heteroatoms. The van der Waals surface area contributed by atoms with Crippen LogP contribution in [0.25, 0.3) is 11.4 Å². The quantitative estimate of drug-likeness (QED) is 0.938. The number of benzene rings is 1. The van der Waals surface area contributed by atoms with Crippen molar-refractivity contribution in [2.45, 2.75) is 33.4 Å². The van der Waals surface area contributed by atoms with Gasteiger partial charge in [0.2, 0.25) is 5.91 Å². The van der Waals surface area contributed by atoms with Gasteiger partial charge >= 0.3 is 0 Å². The molecule has 116 valence electrons. The summed E-state index contributed by atoms with van der Waals surface area (Å²) in [6, 6.07) is 7.01. The highest BCUT2D eigenvalue weighted by Crippen LogP contribution is 2.16. The fourth-order valence-corrected chi connectivity index (χ4v) is 2.10. The number of carbonyl (C=O) groups excluding carboxylic acids is 1. The van der Waals surface area contributed by atoms with Crippen molar-refractivity contribution in [1.82, 2.24) is 14.9 Å². The number of aryl methyl sites for hydroxylation is 1. The molecule has 0 saturated heterocycles. The molecule has 0 atom stereocenters. The van der Waals surface area contributed by atoms with E-state index in [-0.39, 0.29) is 29.9 Å². The number of amides is 1. The summed E-state index contributed by atoms with van der Waals surface area (Å²) in [6.45, 7) is 5.26. The van der Waals surface area contributed by atoms with Crippen LogP contribution in [-0.2, 0) is 11.3 Å². The number of rotatable bonds is 4. The van der Waals surface area contributed by atoms with Crippen LogP contribution < -0.4 is 10.9 Å². The Morgan fingerprint density at radius 1 is 1.32 bits per heavy atom. The van der Waals surface area contributed by atoms with Gasteiger partial charge in [0, 0.05) is 23.4 Å². The van der Waals surface area contributed by atoms with Gasteiger partial charge in [-0.05, 0) is 45.0 Å². The van der Waals surface area contributed by atoms with Crippen LogP contribution in [0.15, 0.2) is 35.1 Å². The first-order valence-electron chi connectivity index (χ1n) is 7.00. The van der Waals surface area contributed by atoms with E-state index in [1.165, 1.54) is 34.9 Å². The van der Waals surface area contributed by atoms with Gasteiger partial charge in [-0.3, -0.25) is 14.2 Å². The summed E-state index contributed by atoms with van der Waals surface area (Å²) in [7, 11) is 0. The monoisotopic (exact) mass is 303 g/mol. The molecule has 0 unspecified atom stereocenters. The highest BCUT2D eigenvalue weighted by atomic mass is 19.1. The van der Waals surface area contributed by atoms with Crippen molar-refractivity contribution in [1.29, 1.82) is 0 Å². The molecule has 2 aromatic rings. The fraction of sp³-hybridized carbons (Fsp3) is 0.312. The maximum absolute atomic E-state index is 13.1. The zero-order valence-electron chi connectivity index (χ0n) is 12.8. The summed E-state index contributed by atoms with van der Waals surface area (Å²) < 4.78 is 14.4. The molecule has 1 heterocycles. The Hall–Kier alpha value is -2.50. The van der Waals surface area contributed by atoms with Crippen LogP contribution in [0.2, 0.25) is 0 Å². The Morgan fingerprint density at radius 3 is 2.55 bits per heavy atom. The van der Waals surface area contributed by atoms with E-state index >= 15 is 0 Å². The number of nitrogens with one attached hydrogen (secondary N) is 1. The molecular weight excluding hydrogens is 285 g/mol. The molecule has 5 nitrogen and oxygen atoms in total. The first-order chi connectivity index (χ1) is 10.4. The molecule has 0 fully saturated rings. The molecule has 0 aliphatic heterocycles. The van der Waals surface area contributed by atoms with Crippen LogP contribution >= 0.6 is 0 Å². The summed E-state index contributed by atoms with van der Waals surface area (Å²) in [4.78, 5) is 28.5. The molecule has 1 amide bonds. The van der Waals surface area contributed by atoms with Gasteiger partial charge in [0.1, 0.15) is 18.2 Å². The summed E-state index contributed by atoms with van der Waals surface area (Å²) in [5.74, 6) is -0.294. The second kappa shape index (κ2) is 6.51. The summed E-state index contributed by atoms with van der Waals surface area (Å²) in [6.07, 6.45) is 0. The Morgan fingerprint density at radius 2 is 1.95 bits per heavy atom. The number of aromatic nitrogens is 2. The van der Waals surface area contributed by atoms with Crippen molar-refractivity contribution in [3.63, 3.8) is 0 Å². The van der Waals surface area contributed by atoms with E-state index in [1.54, 1.807) is 6.92 Å². The van der Waals surface area contributed by atoms with E-state index in [9.17, 15) is 14.0 Å². The Labute approximate surface area is 127 Å². The minimum atomic E-state index is -0.372. The zero-order chi connectivity index (χ0) is 16.3. The maximum Gasteiger partial charge on any atom is 0.254 e. The zero-order valence-corrected chi connectivity index (χ0v) is 12.8. The molecule has 0 bridgehead atoms. The smallest absolute Gasteiger partial charge is 0.254 e. The summed E-state index contributed by atoms with van der Waals surface area (Å²) >= 11 is 0. The number of nitrogens with zero attached hydrogens (tertiary/aromatic N) is 2. The van der Waals surface area contributed by atoms with E-state index in [1.807, 2.05) is 13.8 Å². The van der Waals surface area contributed by atoms with Crippen LogP contribution in [0.4, 0.5) is 4.39 Å². The number of hydrogen-bond donors (Lipinski definition) is 1. The van der Waals surface area contributed by atoms with Crippen LogP contribution in [0, 0.1) is 12.7 Å². The number of carbonyl (C=O) groups is 1. The van der Waals surface area contributed by atoms with Crippen LogP contribution in [-0.4, -0.2) is 21.5 Å². The minimum absolute atomic E-state index is 0.0177. The van der Waals surface area contributed by atoms with Crippen molar-refractivity contribution >= 4 is 5.91 Å². The molecule has 1 aromatic heterocycles. The van der Waals surface area contributed by atoms with Gasteiger partial charge in [0.25, 0.3) is 5.56 Å². The van der Waals surface area contributed by atoms with Crippen molar-refractivity contribution in [3.05, 3.63) is 52.2 Å². The molecular formula is C16H18FN3O2. The fourth-order valence-electron chi connectivity index (χ4n) is 2.10. The Bertz CT molecular complexity index is 736. The van der Waals surface area contributed by atoms with Gasteiger partial charge in [0.05, 0.1) is 0 Å². The standard InChI is InChI=1S/C16H18FN3O2/c1-10(2)18-14(21)9-20-15(22)8-11(3)19-16(20)12-4-6-13(17)7-5-12/h4-8,10H,9H2,1-3H3,(H,18,21). The molecule has 0 saturated carbocycles. The van der Waals surface area contributed by atoms with Gasteiger partial charge in [-0.25, -0.2) is 9.37 Å². The van der Waals surface area contributed by atoms with E-state index < -0.39 is 0 Å². The number of hydrogen-bond acceptors (Lipinski definition) is 3. The van der Waals surface area contributed by atoms with Crippen molar-refractivity contribution in [2.24, 2.45) is 0 Å². The topological polar surface area (TPSA) is 64.0 Å². The SMILES string of the molecule is Cc1cc(=O)n(CC(=O)NC(C)C)c(-c2ccc(F)cc2)n1. The first-order valence-corrected chi connectivity index (χ1v) is 7.00. The molecule has 1 N–H and O–H groups in total. The van der Waals surface area contributed by atoms with Crippen molar-refractivity contribution in [2.75, 3.05) is 0 Å². The van der Waals surface area contributed by atoms with Gasteiger partial charge in [-0.1, -0.05) is 0 Å². The van der Waals surface area contributed by atoms with Gasteiger partial charge < -0.3 is 5.32 Å². The summed E-state index contributed by atoms with van der Waals surface area (Å²) in [5.41, 5.74) is 0.815. The van der Waals surface area contributed by atoms with E-state index in [4.69, 9.17) is 0 Å². The lowest BCUT2D eigenvalue weighted by Crippen LogP contribution is -2.36. The lowest BCUT2D eigenvalue weighted by atomic mass is 10.2. The Balaban J connectivity index is 2.46. The third kappa shape index (κ3) is 3.78. The largest absolute Gasteiger partial charge is 0.352 e. The second-order valence-corrected chi connectivity index (χ2v) is 5.37. The second-order valence-electron chi connectivity index (χ2n) is 5.37. The van der Waals surface area contributed by atoms with E-state index in [0.717, 1.165) is 0 Å². The van der Waals surface area contributed by atoms with Crippen LogP contribution in [0.5, 0.6) is 0 Å². The summed E-state index contributed by atoms with van der Waals surface area (Å²) in [5, 5.41) is 2.73.